The summed E-state index contributed by atoms with van der Waals surface area (Å²) in [6.45, 7) is 6.18. The highest BCUT2D eigenvalue weighted by Crippen LogP contribution is 2.53. The molecule has 3 aromatic rings. The molecule has 9 nitrogen and oxygen atoms in total. The van der Waals surface area contributed by atoms with Crippen LogP contribution in [0.4, 0.5) is 15.9 Å². The Bertz CT molecular complexity index is 1790. The quantitative estimate of drug-likeness (QED) is 0.367. The third-order valence-electron chi connectivity index (χ3n) is 10.4. The van der Waals surface area contributed by atoms with Crippen molar-refractivity contribution < 1.29 is 9.18 Å². The van der Waals surface area contributed by atoms with E-state index < -0.39 is 17.8 Å². The third-order valence-corrected chi connectivity index (χ3v) is 10.7. The number of piperazine rings is 1. The van der Waals surface area contributed by atoms with Crippen molar-refractivity contribution in [1.29, 1.82) is 5.26 Å². The number of hydrogen-bond donors (Lipinski definition) is 0. The molecule has 45 heavy (non-hydrogen) atoms. The zero-order chi connectivity index (χ0) is 31.5. The van der Waals surface area contributed by atoms with Crippen LogP contribution in [0.1, 0.15) is 43.4 Å². The molecule has 11 heteroatoms. The number of fused-ring (bicyclic) bond motifs is 2. The number of carbonyl (C=O) groups is 1. The number of hydrogen-bond acceptors (Lipinski definition) is 7. The Morgan fingerprint density at radius 1 is 1.18 bits per heavy atom. The first-order valence-electron chi connectivity index (χ1n) is 15.8. The largest absolute Gasteiger partial charge is 0.359 e. The summed E-state index contributed by atoms with van der Waals surface area (Å²) in [7, 11) is 2.11. The number of anilines is 2. The second-order valence-electron chi connectivity index (χ2n) is 13.0. The number of amides is 1. The summed E-state index contributed by atoms with van der Waals surface area (Å²) in [6, 6.07) is 14.1. The number of likely N-dealkylation sites (tertiary alicyclic amines) is 1. The zero-order valence-corrected chi connectivity index (χ0v) is 26.3. The molecule has 4 heterocycles. The van der Waals surface area contributed by atoms with Gasteiger partial charge in [0.15, 0.2) is 5.83 Å². The van der Waals surface area contributed by atoms with Crippen molar-refractivity contribution in [3.05, 3.63) is 75.6 Å². The molecular formula is C34H37ClFN7O2. The zero-order valence-electron chi connectivity index (χ0n) is 25.5. The molecular weight excluding hydrogens is 593 g/mol. The summed E-state index contributed by atoms with van der Waals surface area (Å²) in [6.07, 6.45) is 4.90. The molecule has 3 aliphatic heterocycles. The molecule has 1 aliphatic carbocycles. The van der Waals surface area contributed by atoms with E-state index in [0.717, 1.165) is 66.4 Å². The van der Waals surface area contributed by atoms with Gasteiger partial charge in [0.25, 0.3) is 5.91 Å². The van der Waals surface area contributed by atoms with Gasteiger partial charge in [0.05, 0.1) is 30.1 Å². The predicted molar refractivity (Wildman–Crippen MR) is 173 cm³/mol. The summed E-state index contributed by atoms with van der Waals surface area (Å²) in [4.78, 5) is 39.5. The molecule has 0 bridgehead atoms. The summed E-state index contributed by atoms with van der Waals surface area (Å²) in [5, 5.41) is 12.3. The number of halogens is 2. The van der Waals surface area contributed by atoms with Crippen LogP contribution < -0.4 is 15.5 Å². The molecule has 234 valence electrons. The lowest BCUT2D eigenvalue weighted by Crippen LogP contribution is -2.56. The maximum Gasteiger partial charge on any atom is 0.349 e. The number of benzene rings is 2. The van der Waals surface area contributed by atoms with E-state index in [-0.39, 0.29) is 36.8 Å². The van der Waals surface area contributed by atoms with E-state index in [1.165, 1.54) is 4.90 Å². The van der Waals surface area contributed by atoms with Gasteiger partial charge in [-0.25, -0.2) is 9.18 Å². The minimum Gasteiger partial charge on any atom is -0.359 e. The molecule has 1 spiro atoms. The van der Waals surface area contributed by atoms with E-state index in [0.29, 0.717) is 30.5 Å². The number of aromatic nitrogens is 2. The maximum absolute atomic E-state index is 14.0. The Hall–Kier alpha value is -3.94. The average molecular weight is 630 g/mol. The Morgan fingerprint density at radius 3 is 2.64 bits per heavy atom. The highest BCUT2D eigenvalue weighted by atomic mass is 35.5. The van der Waals surface area contributed by atoms with Crippen molar-refractivity contribution in [2.75, 3.05) is 43.0 Å². The van der Waals surface area contributed by atoms with Crippen LogP contribution in [0.5, 0.6) is 0 Å². The van der Waals surface area contributed by atoms with Gasteiger partial charge >= 0.3 is 5.69 Å². The number of rotatable bonds is 6. The van der Waals surface area contributed by atoms with Crippen molar-refractivity contribution in [2.45, 2.75) is 69.2 Å². The molecule has 2 aromatic carbocycles. The number of carbonyl (C=O) groups excluding carboxylic acids is 1. The molecule has 0 radical (unpaired) electrons. The van der Waals surface area contributed by atoms with Crippen molar-refractivity contribution in [3.8, 4) is 6.07 Å². The Kier molecular flexibility index (Phi) is 7.57. The fourth-order valence-electron chi connectivity index (χ4n) is 7.78. The first kappa shape index (κ1) is 29.8. The molecule has 3 fully saturated rings. The number of nitrogens with zero attached hydrogens (tertiary/aromatic N) is 7. The lowest BCUT2D eigenvalue weighted by molar-refractivity contribution is -0.131. The van der Waals surface area contributed by atoms with Gasteiger partial charge in [-0.1, -0.05) is 42.4 Å². The van der Waals surface area contributed by atoms with Crippen molar-refractivity contribution in [1.82, 2.24) is 19.4 Å². The van der Waals surface area contributed by atoms with Crippen molar-refractivity contribution in [3.63, 3.8) is 0 Å². The normalized spacial score (nSPS) is 22.5. The van der Waals surface area contributed by atoms with E-state index in [1.54, 1.807) is 0 Å². The van der Waals surface area contributed by atoms with Gasteiger partial charge in [-0.05, 0) is 56.8 Å². The molecule has 2 saturated heterocycles. The van der Waals surface area contributed by atoms with Crippen LogP contribution in [0, 0.1) is 11.3 Å². The van der Waals surface area contributed by atoms with E-state index in [9.17, 15) is 19.2 Å². The van der Waals surface area contributed by atoms with Crippen molar-refractivity contribution >= 4 is 39.8 Å². The van der Waals surface area contributed by atoms with Gasteiger partial charge in [-0.15, -0.1) is 0 Å². The summed E-state index contributed by atoms with van der Waals surface area (Å²) in [5.74, 6) is -1.20. The molecule has 0 N–H and O–H groups in total. The topological polar surface area (TPSA) is 88.7 Å². The molecule has 1 aromatic heterocycles. The van der Waals surface area contributed by atoms with E-state index in [4.69, 9.17) is 16.6 Å². The van der Waals surface area contributed by atoms with Gasteiger partial charge in [-0.2, -0.15) is 10.2 Å². The monoisotopic (exact) mass is 629 g/mol. The van der Waals surface area contributed by atoms with Crippen LogP contribution in [0.25, 0.3) is 10.8 Å². The van der Waals surface area contributed by atoms with Gasteiger partial charge in [-0.3, -0.25) is 9.36 Å². The van der Waals surface area contributed by atoms with Gasteiger partial charge < -0.3 is 19.6 Å². The number of likely N-dealkylation sites (N-methyl/N-ethyl adjacent to an activating group) is 1. The average Bonchev–Trinajstić information content (AvgIpc) is 3.67. The smallest absolute Gasteiger partial charge is 0.349 e. The molecule has 0 unspecified atom stereocenters. The van der Waals surface area contributed by atoms with E-state index in [1.807, 2.05) is 21.6 Å². The Morgan fingerprint density at radius 2 is 1.96 bits per heavy atom. The Labute approximate surface area is 267 Å². The molecule has 4 aliphatic rings. The summed E-state index contributed by atoms with van der Waals surface area (Å²) in [5.41, 5.74) is 2.67. The fourth-order valence-corrected chi connectivity index (χ4v) is 8.06. The lowest BCUT2D eigenvalue weighted by Gasteiger charge is -2.44. The number of nitriles is 1. The Balaban J connectivity index is 1.33. The molecule has 1 saturated carbocycles. The second-order valence-corrected chi connectivity index (χ2v) is 13.4. The van der Waals surface area contributed by atoms with Crippen LogP contribution in [-0.2, 0) is 24.3 Å². The SMILES string of the molecule is C=C(F)C(=O)N1CCN(c2nc(=O)n(C[C@@H]3CCCN3C)c3c2CC2(CC2)N(c2cccc4cccc(Cl)c24)C3)C[C@@H]1CC#N. The van der Waals surface area contributed by atoms with Gasteiger partial charge in [0, 0.05) is 66.5 Å². The lowest BCUT2D eigenvalue weighted by atomic mass is 9.92. The highest BCUT2D eigenvalue weighted by molar-refractivity contribution is 6.36. The molecule has 1 amide bonds. The van der Waals surface area contributed by atoms with Crippen LogP contribution in [-0.4, -0.2) is 76.1 Å². The first-order valence-corrected chi connectivity index (χ1v) is 16.1. The minimum atomic E-state index is -1.04. The van der Waals surface area contributed by atoms with Crippen LogP contribution in [0.15, 0.2) is 53.6 Å². The van der Waals surface area contributed by atoms with E-state index >= 15 is 0 Å². The maximum atomic E-state index is 14.0. The van der Waals surface area contributed by atoms with Crippen LogP contribution in [0.3, 0.4) is 0 Å². The van der Waals surface area contributed by atoms with Crippen LogP contribution >= 0.6 is 11.6 Å². The fraction of sp³-hybridized carbons (Fsp3) is 0.471. The summed E-state index contributed by atoms with van der Waals surface area (Å²) >= 11 is 6.82. The first-order chi connectivity index (χ1) is 21.7. The standard InChI is InChI=1S/C34H37ClFN7O2/c1-22(36)32(44)41-17-16-40(19-25(41)11-14-37)31-26-18-34(12-13-34)43(28-10-4-7-23-6-3-9-27(35)30(23)28)21-29(26)42(33(45)38-31)20-24-8-5-15-39(24)2/h3-4,6-7,9-10,24-25H,1,5,8,11-13,15-21H2,2H3/t24-,25-/m0/s1. The third kappa shape index (κ3) is 5.16. The predicted octanol–water partition coefficient (Wildman–Crippen LogP) is 4.65. The van der Waals surface area contributed by atoms with Crippen molar-refractivity contribution in [2.24, 2.45) is 0 Å². The summed E-state index contributed by atoms with van der Waals surface area (Å²) < 4.78 is 15.8. The highest BCUT2D eigenvalue weighted by Gasteiger charge is 2.53. The van der Waals surface area contributed by atoms with Crippen LogP contribution in [0.2, 0.25) is 5.02 Å². The van der Waals surface area contributed by atoms with Gasteiger partial charge in [0.1, 0.15) is 5.82 Å². The molecule has 2 atom stereocenters. The minimum absolute atomic E-state index is 0.0440. The van der Waals surface area contributed by atoms with Gasteiger partial charge in [0.2, 0.25) is 0 Å². The molecule has 7 rings (SSSR count). The van der Waals surface area contributed by atoms with E-state index in [2.05, 4.69) is 53.8 Å². The second kappa shape index (κ2) is 11.5.